The van der Waals surface area contributed by atoms with Crippen LogP contribution in [0.2, 0.25) is 5.02 Å². The Morgan fingerprint density at radius 2 is 2.00 bits per heavy atom. The van der Waals surface area contributed by atoms with Crippen LogP contribution >= 0.6 is 11.6 Å². The summed E-state index contributed by atoms with van der Waals surface area (Å²) >= 11 is 5.80. The van der Waals surface area contributed by atoms with Crippen molar-refractivity contribution in [2.24, 2.45) is 5.73 Å². The molecule has 1 aromatic rings. The normalized spacial score (nSPS) is 10.0. The fourth-order valence-electron chi connectivity index (χ4n) is 1.60. The number of aryl methyl sites for hydroxylation is 1. The largest absolute Gasteiger partial charge is 0.329 e. The Morgan fingerprint density at radius 3 is 2.50 bits per heavy atom. The van der Waals surface area contributed by atoms with Crippen molar-refractivity contribution in [1.82, 2.24) is 4.90 Å². The molecule has 0 saturated heterocycles. The Balaban J connectivity index is 2.84. The highest BCUT2D eigenvalue weighted by molar-refractivity contribution is 6.41. The van der Waals surface area contributed by atoms with E-state index in [1.807, 2.05) is 0 Å². The van der Waals surface area contributed by atoms with Crippen molar-refractivity contribution >= 4 is 35.0 Å². The van der Waals surface area contributed by atoms with Crippen LogP contribution < -0.4 is 11.1 Å². The summed E-state index contributed by atoms with van der Waals surface area (Å²) in [6, 6.07) is 4.84. The van der Waals surface area contributed by atoms with Gasteiger partial charge in [-0.2, -0.15) is 0 Å². The first-order valence-electron chi connectivity index (χ1n) is 5.96. The molecular formula is C13H16ClN3O3. The Hall–Kier alpha value is -1.92. The predicted molar refractivity (Wildman–Crippen MR) is 76.3 cm³/mol. The summed E-state index contributed by atoms with van der Waals surface area (Å²) in [5.74, 6) is -2.35. The molecule has 0 unspecified atom stereocenters. The third-order valence-electron chi connectivity index (χ3n) is 2.61. The lowest BCUT2D eigenvalue weighted by Gasteiger charge is -2.17. The molecule has 0 fully saturated rings. The van der Waals surface area contributed by atoms with E-state index in [9.17, 15) is 14.4 Å². The Bertz CT molecular complexity index is 546. The average molecular weight is 298 g/mol. The van der Waals surface area contributed by atoms with E-state index in [2.05, 4.69) is 5.32 Å². The number of anilines is 1. The molecule has 0 radical (unpaired) electrons. The van der Waals surface area contributed by atoms with E-state index in [0.717, 1.165) is 4.90 Å². The monoisotopic (exact) mass is 297 g/mol. The third-order valence-corrected chi connectivity index (χ3v) is 2.84. The molecule has 0 saturated carbocycles. The summed E-state index contributed by atoms with van der Waals surface area (Å²) in [6.07, 6.45) is 0. The molecule has 7 heteroatoms. The summed E-state index contributed by atoms with van der Waals surface area (Å²) in [5, 5.41) is 2.98. The van der Waals surface area contributed by atoms with Crippen LogP contribution in [0.25, 0.3) is 0 Å². The number of halogens is 1. The number of amides is 3. The van der Waals surface area contributed by atoms with E-state index in [0.29, 0.717) is 16.3 Å². The maximum Gasteiger partial charge on any atom is 0.318 e. The van der Waals surface area contributed by atoms with Crippen molar-refractivity contribution in [3.8, 4) is 0 Å². The van der Waals surface area contributed by atoms with Gasteiger partial charge in [-0.3, -0.25) is 19.3 Å². The van der Waals surface area contributed by atoms with Crippen LogP contribution in [0.4, 0.5) is 5.69 Å². The molecule has 0 spiro atoms. The van der Waals surface area contributed by atoms with Crippen LogP contribution in [0.3, 0.4) is 0 Å². The third kappa shape index (κ3) is 4.04. The first-order valence-corrected chi connectivity index (χ1v) is 6.34. The van der Waals surface area contributed by atoms with Gasteiger partial charge in [-0.1, -0.05) is 11.6 Å². The lowest BCUT2D eigenvalue weighted by molar-refractivity contribution is -0.149. The standard InChI is InChI=1S/C13H16ClN3O3/c1-8-7-10(14)3-4-11(8)16-12(19)13(20)17(6-5-15)9(2)18/h3-4,7H,5-6,15H2,1-2H3,(H,16,19). The van der Waals surface area contributed by atoms with Gasteiger partial charge in [0.1, 0.15) is 0 Å². The van der Waals surface area contributed by atoms with Gasteiger partial charge in [-0.25, -0.2) is 0 Å². The Labute approximate surface area is 121 Å². The van der Waals surface area contributed by atoms with Gasteiger partial charge in [0.15, 0.2) is 0 Å². The highest BCUT2D eigenvalue weighted by atomic mass is 35.5. The first-order chi connectivity index (χ1) is 9.36. The Morgan fingerprint density at radius 1 is 1.35 bits per heavy atom. The Kier molecular flexibility index (Phi) is 5.66. The minimum absolute atomic E-state index is 0.00118. The highest BCUT2D eigenvalue weighted by Gasteiger charge is 2.24. The highest BCUT2D eigenvalue weighted by Crippen LogP contribution is 2.19. The molecule has 0 atom stereocenters. The van der Waals surface area contributed by atoms with Gasteiger partial charge < -0.3 is 11.1 Å². The number of imide groups is 1. The topological polar surface area (TPSA) is 92.5 Å². The minimum atomic E-state index is -0.933. The molecule has 0 aliphatic rings. The maximum absolute atomic E-state index is 11.9. The summed E-state index contributed by atoms with van der Waals surface area (Å²) in [7, 11) is 0. The van der Waals surface area contributed by atoms with Crippen LogP contribution in [0, 0.1) is 6.92 Å². The maximum atomic E-state index is 11.9. The number of carbonyl (C=O) groups is 3. The van der Waals surface area contributed by atoms with Gasteiger partial charge in [0.25, 0.3) is 0 Å². The van der Waals surface area contributed by atoms with Crippen LogP contribution in [0.15, 0.2) is 18.2 Å². The van der Waals surface area contributed by atoms with E-state index in [1.165, 1.54) is 6.92 Å². The van der Waals surface area contributed by atoms with E-state index >= 15 is 0 Å². The van der Waals surface area contributed by atoms with Crippen molar-refractivity contribution in [3.63, 3.8) is 0 Å². The van der Waals surface area contributed by atoms with E-state index in [1.54, 1.807) is 25.1 Å². The summed E-state index contributed by atoms with van der Waals surface area (Å²) < 4.78 is 0. The number of benzene rings is 1. The summed E-state index contributed by atoms with van der Waals surface area (Å²) in [4.78, 5) is 35.8. The number of hydrogen-bond acceptors (Lipinski definition) is 4. The van der Waals surface area contributed by atoms with Crippen LogP contribution in [-0.4, -0.2) is 35.7 Å². The molecule has 20 heavy (non-hydrogen) atoms. The lowest BCUT2D eigenvalue weighted by Crippen LogP contribution is -2.44. The van der Waals surface area contributed by atoms with Gasteiger partial charge in [0, 0.05) is 30.7 Å². The quantitative estimate of drug-likeness (QED) is 0.812. The fourth-order valence-corrected chi connectivity index (χ4v) is 1.82. The molecule has 1 aromatic carbocycles. The first kappa shape index (κ1) is 16.1. The second kappa shape index (κ2) is 7.02. The van der Waals surface area contributed by atoms with Gasteiger partial charge in [-0.15, -0.1) is 0 Å². The van der Waals surface area contributed by atoms with Crippen molar-refractivity contribution in [3.05, 3.63) is 28.8 Å². The number of nitrogens with one attached hydrogen (secondary N) is 1. The average Bonchev–Trinajstić information content (AvgIpc) is 2.38. The SMILES string of the molecule is CC(=O)N(CCN)C(=O)C(=O)Nc1ccc(Cl)cc1C. The lowest BCUT2D eigenvalue weighted by atomic mass is 10.2. The van der Waals surface area contributed by atoms with Gasteiger partial charge in [0.2, 0.25) is 5.91 Å². The number of carbonyl (C=O) groups excluding carboxylic acids is 3. The molecule has 0 heterocycles. The van der Waals surface area contributed by atoms with Crippen molar-refractivity contribution in [1.29, 1.82) is 0 Å². The zero-order chi connectivity index (χ0) is 15.3. The zero-order valence-corrected chi connectivity index (χ0v) is 12.0. The number of nitrogens with zero attached hydrogens (tertiary/aromatic N) is 1. The zero-order valence-electron chi connectivity index (χ0n) is 11.3. The molecule has 108 valence electrons. The van der Waals surface area contributed by atoms with E-state index < -0.39 is 17.7 Å². The fraction of sp³-hybridized carbons (Fsp3) is 0.308. The van der Waals surface area contributed by atoms with E-state index in [-0.39, 0.29) is 13.1 Å². The molecule has 3 amide bonds. The number of hydrogen-bond donors (Lipinski definition) is 2. The summed E-state index contributed by atoms with van der Waals surface area (Å²) in [6.45, 7) is 3.04. The van der Waals surface area contributed by atoms with E-state index in [4.69, 9.17) is 17.3 Å². The molecule has 0 aliphatic heterocycles. The molecule has 6 nitrogen and oxygen atoms in total. The van der Waals surface area contributed by atoms with Crippen molar-refractivity contribution in [2.75, 3.05) is 18.4 Å². The van der Waals surface area contributed by atoms with Crippen molar-refractivity contribution in [2.45, 2.75) is 13.8 Å². The molecule has 3 N–H and O–H groups in total. The van der Waals surface area contributed by atoms with Crippen LogP contribution in [0.1, 0.15) is 12.5 Å². The van der Waals surface area contributed by atoms with Gasteiger partial charge in [-0.05, 0) is 30.7 Å². The summed E-state index contributed by atoms with van der Waals surface area (Å²) in [5.41, 5.74) is 6.48. The molecular weight excluding hydrogens is 282 g/mol. The van der Waals surface area contributed by atoms with Crippen LogP contribution in [0.5, 0.6) is 0 Å². The molecule has 0 aromatic heterocycles. The smallest absolute Gasteiger partial charge is 0.318 e. The second-order valence-corrected chi connectivity index (χ2v) is 4.61. The number of nitrogens with two attached hydrogens (primary N) is 1. The van der Waals surface area contributed by atoms with Crippen LogP contribution in [-0.2, 0) is 14.4 Å². The van der Waals surface area contributed by atoms with Gasteiger partial charge >= 0.3 is 11.8 Å². The predicted octanol–water partition coefficient (Wildman–Crippen LogP) is 0.921. The molecule has 0 aliphatic carbocycles. The molecule has 1 rings (SSSR count). The number of rotatable bonds is 3. The van der Waals surface area contributed by atoms with Crippen molar-refractivity contribution < 1.29 is 14.4 Å². The minimum Gasteiger partial charge on any atom is -0.329 e. The molecule has 0 bridgehead atoms. The van der Waals surface area contributed by atoms with Gasteiger partial charge in [0.05, 0.1) is 0 Å². The second-order valence-electron chi connectivity index (χ2n) is 4.18.